The lowest BCUT2D eigenvalue weighted by Gasteiger charge is -2.28. The fourth-order valence-corrected chi connectivity index (χ4v) is 4.95. The summed E-state index contributed by atoms with van der Waals surface area (Å²) in [6.07, 6.45) is 17.3. The van der Waals surface area contributed by atoms with Crippen molar-refractivity contribution in [1.82, 2.24) is 0 Å². The molecule has 0 unspecified atom stereocenters. The van der Waals surface area contributed by atoms with E-state index in [0.717, 1.165) is 11.8 Å². The van der Waals surface area contributed by atoms with Gasteiger partial charge in [-0.25, -0.2) is 0 Å². The first-order chi connectivity index (χ1) is 14.3. The summed E-state index contributed by atoms with van der Waals surface area (Å²) >= 11 is 0. The van der Waals surface area contributed by atoms with E-state index in [9.17, 15) is 0 Å². The minimum absolute atomic E-state index is 0.897. The summed E-state index contributed by atoms with van der Waals surface area (Å²) in [6, 6.07) is 19.0. The van der Waals surface area contributed by atoms with Gasteiger partial charge in [-0.2, -0.15) is 0 Å². The van der Waals surface area contributed by atoms with E-state index in [4.69, 9.17) is 0 Å². The molecule has 0 aromatic heterocycles. The summed E-state index contributed by atoms with van der Waals surface area (Å²) in [5, 5.41) is 0. The second-order valence-corrected chi connectivity index (χ2v) is 9.49. The molecule has 0 saturated heterocycles. The number of hydrogen-bond acceptors (Lipinski definition) is 0. The molecular weight excluding hydrogens is 348 g/mol. The molecule has 1 saturated carbocycles. The summed E-state index contributed by atoms with van der Waals surface area (Å²) in [4.78, 5) is 0. The lowest BCUT2D eigenvalue weighted by atomic mass is 9.77. The van der Waals surface area contributed by atoms with Crippen molar-refractivity contribution in [2.75, 3.05) is 0 Å². The number of hydrogen-bond donors (Lipinski definition) is 0. The summed E-state index contributed by atoms with van der Waals surface area (Å²) < 4.78 is 0. The maximum absolute atomic E-state index is 2.40. The SMILES string of the molecule is CCCCCc1ccc(CC2CCC(Cc3ccc(CCCC)cc3)CC2)cc1. The van der Waals surface area contributed by atoms with E-state index in [0.29, 0.717) is 0 Å². The molecule has 2 aromatic rings. The smallest absolute Gasteiger partial charge is 0.0250 e. The van der Waals surface area contributed by atoms with Crippen molar-refractivity contribution in [1.29, 1.82) is 0 Å². The van der Waals surface area contributed by atoms with E-state index in [-0.39, 0.29) is 0 Å². The second-order valence-electron chi connectivity index (χ2n) is 9.49. The summed E-state index contributed by atoms with van der Waals surface area (Å²) in [5.74, 6) is 1.79. The van der Waals surface area contributed by atoms with Crippen molar-refractivity contribution in [2.24, 2.45) is 11.8 Å². The van der Waals surface area contributed by atoms with Crippen LogP contribution in [0.2, 0.25) is 0 Å². The number of unbranched alkanes of at least 4 members (excludes halogenated alkanes) is 3. The van der Waals surface area contributed by atoms with Crippen molar-refractivity contribution in [2.45, 2.75) is 97.3 Å². The van der Waals surface area contributed by atoms with Gasteiger partial charge in [-0.3, -0.25) is 0 Å². The Balaban J connectivity index is 1.39. The maximum Gasteiger partial charge on any atom is -0.0250 e. The highest BCUT2D eigenvalue weighted by atomic mass is 14.3. The third-order valence-electron chi connectivity index (χ3n) is 6.95. The highest BCUT2D eigenvalue weighted by Crippen LogP contribution is 2.33. The Hall–Kier alpha value is -1.56. The van der Waals surface area contributed by atoms with Crippen LogP contribution < -0.4 is 0 Å². The van der Waals surface area contributed by atoms with Gasteiger partial charge in [-0.05, 0) is 98.3 Å². The van der Waals surface area contributed by atoms with Crippen LogP contribution in [0.3, 0.4) is 0 Å². The molecule has 1 fully saturated rings. The van der Waals surface area contributed by atoms with E-state index in [1.54, 1.807) is 11.1 Å². The van der Waals surface area contributed by atoms with Crippen LogP contribution in [-0.4, -0.2) is 0 Å². The Morgan fingerprint density at radius 1 is 0.517 bits per heavy atom. The van der Waals surface area contributed by atoms with Crippen LogP contribution >= 0.6 is 0 Å². The third-order valence-corrected chi connectivity index (χ3v) is 6.95. The van der Waals surface area contributed by atoms with Gasteiger partial charge in [-0.1, -0.05) is 81.6 Å². The minimum atomic E-state index is 0.897. The first-order valence-electron chi connectivity index (χ1n) is 12.4. The monoisotopic (exact) mass is 390 g/mol. The zero-order chi connectivity index (χ0) is 20.3. The zero-order valence-corrected chi connectivity index (χ0v) is 19.0. The fourth-order valence-electron chi connectivity index (χ4n) is 4.95. The Morgan fingerprint density at radius 3 is 1.31 bits per heavy atom. The summed E-state index contributed by atoms with van der Waals surface area (Å²) in [6.45, 7) is 4.55. The first-order valence-corrected chi connectivity index (χ1v) is 12.4. The van der Waals surface area contributed by atoms with Crippen molar-refractivity contribution in [3.05, 3.63) is 70.8 Å². The molecular formula is C29H42. The van der Waals surface area contributed by atoms with Crippen LogP contribution in [0.4, 0.5) is 0 Å². The molecule has 0 spiro atoms. The molecule has 1 aliphatic rings. The van der Waals surface area contributed by atoms with Crippen LogP contribution in [-0.2, 0) is 25.7 Å². The average Bonchev–Trinajstić information content (AvgIpc) is 2.76. The van der Waals surface area contributed by atoms with Crippen molar-refractivity contribution >= 4 is 0 Å². The summed E-state index contributed by atoms with van der Waals surface area (Å²) in [5.41, 5.74) is 6.13. The van der Waals surface area contributed by atoms with E-state index in [2.05, 4.69) is 62.4 Å². The van der Waals surface area contributed by atoms with Crippen LogP contribution in [0.25, 0.3) is 0 Å². The highest BCUT2D eigenvalue weighted by Gasteiger charge is 2.21. The van der Waals surface area contributed by atoms with Crippen LogP contribution in [0.5, 0.6) is 0 Å². The van der Waals surface area contributed by atoms with Crippen molar-refractivity contribution in [3.8, 4) is 0 Å². The minimum Gasteiger partial charge on any atom is -0.0654 e. The van der Waals surface area contributed by atoms with Crippen molar-refractivity contribution < 1.29 is 0 Å². The van der Waals surface area contributed by atoms with Gasteiger partial charge in [-0.15, -0.1) is 0 Å². The summed E-state index contributed by atoms with van der Waals surface area (Å²) in [7, 11) is 0. The predicted octanol–water partition coefficient (Wildman–Crippen LogP) is 8.35. The quantitative estimate of drug-likeness (QED) is 0.338. The van der Waals surface area contributed by atoms with Crippen LogP contribution in [0.15, 0.2) is 48.5 Å². The molecule has 0 nitrogen and oxygen atoms in total. The number of aryl methyl sites for hydroxylation is 2. The fraction of sp³-hybridized carbons (Fsp3) is 0.586. The zero-order valence-electron chi connectivity index (χ0n) is 19.0. The average molecular weight is 391 g/mol. The third kappa shape index (κ3) is 7.65. The van der Waals surface area contributed by atoms with Crippen LogP contribution in [0, 0.1) is 11.8 Å². The number of rotatable bonds is 11. The lowest BCUT2D eigenvalue weighted by molar-refractivity contribution is 0.272. The van der Waals surface area contributed by atoms with Gasteiger partial charge in [0.2, 0.25) is 0 Å². The normalized spacial score (nSPS) is 19.4. The van der Waals surface area contributed by atoms with Crippen molar-refractivity contribution in [3.63, 3.8) is 0 Å². The molecule has 158 valence electrons. The maximum atomic E-state index is 2.40. The first kappa shape index (κ1) is 22.1. The van der Waals surface area contributed by atoms with Gasteiger partial charge in [0.1, 0.15) is 0 Å². The Labute approximate surface area is 180 Å². The molecule has 29 heavy (non-hydrogen) atoms. The van der Waals surface area contributed by atoms with Crippen LogP contribution in [0.1, 0.15) is 93.9 Å². The molecule has 0 atom stereocenters. The molecule has 0 heterocycles. The molecule has 0 bridgehead atoms. The lowest BCUT2D eigenvalue weighted by Crippen LogP contribution is -2.18. The second kappa shape index (κ2) is 12.2. The molecule has 0 aliphatic heterocycles. The Morgan fingerprint density at radius 2 is 0.897 bits per heavy atom. The molecule has 1 aliphatic carbocycles. The molecule has 0 amide bonds. The van der Waals surface area contributed by atoms with E-state index in [1.807, 2.05) is 0 Å². The molecule has 0 N–H and O–H groups in total. The topological polar surface area (TPSA) is 0 Å². The molecule has 0 radical (unpaired) electrons. The molecule has 3 rings (SSSR count). The van der Waals surface area contributed by atoms with Gasteiger partial charge in [0, 0.05) is 0 Å². The van der Waals surface area contributed by atoms with Gasteiger partial charge >= 0.3 is 0 Å². The van der Waals surface area contributed by atoms with Gasteiger partial charge < -0.3 is 0 Å². The molecule has 2 aromatic carbocycles. The van der Waals surface area contributed by atoms with E-state index in [1.165, 1.54) is 94.6 Å². The molecule has 0 heteroatoms. The Bertz CT molecular complexity index is 671. The highest BCUT2D eigenvalue weighted by molar-refractivity contribution is 5.24. The standard InChI is InChI=1S/C29H42/c1-3-5-7-9-25-12-16-27(17-13-25)23-29-20-18-28(19-21-29)22-26-14-10-24(11-15-26)8-6-4-2/h10-17,28-29H,3-9,18-23H2,1-2H3. The predicted molar refractivity (Wildman–Crippen MR) is 128 cm³/mol. The van der Waals surface area contributed by atoms with Gasteiger partial charge in [0.15, 0.2) is 0 Å². The number of benzene rings is 2. The largest absolute Gasteiger partial charge is 0.0654 e. The van der Waals surface area contributed by atoms with Gasteiger partial charge in [0.25, 0.3) is 0 Å². The van der Waals surface area contributed by atoms with E-state index < -0.39 is 0 Å². The Kier molecular flexibility index (Phi) is 9.32. The van der Waals surface area contributed by atoms with E-state index >= 15 is 0 Å². The van der Waals surface area contributed by atoms with Gasteiger partial charge in [0.05, 0.1) is 0 Å².